The smallest absolute Gasteiger partial charge is 0.225 e. The summed E-state index contributed by atoms with van der Waals surface area (Å²) < 4.78 is 5.28. The molecule has 0 atom stereocenters. The van der Waals surface area contributed by atoms with E-state index in [-0.39, 0.29) is 0 Å². The molecule has 3 aromatic heterocycles. The Morgan fingerprint density at radius 1 is 1.33 bits per heavy atom. The van der Waals surface area contributed by atoms with E-state index in [1.165, 1.54) is 6.20 Å². The maximum Gasteiger partial charge on any atom is 0.225 e. The van der Waals surface area contributed by atoms with Crippen molar-refractivity contribution in [2.24, 2.45) is 0 Å². The van der Waals surface area contributed by atoms with Crippen LogP contribution >= 0.6 is 11.6 Å². The molecule has 0 unspecified atom stereocenters. The average molecular weight is 348 g/mol. The van der Waals surface area contributed by atoms with Gasteiger partial charge in [0.15, 0.2) is 17.4 Å². The van der Waals surface area contributed by atoms with E-state index in [0.29, 0.717) is 35.1 Å². The van der Waals surface area contributed by atoms with Crippen LogP contribution in [0.3, 0.4) is 0 Å². The molecule has 0 saturated carbocycles. The zero-order chi connectivity index (χ0) is 17.1. The molecule has 126 valence electrons. The van der Waals surface area contributed by atoms with Gasteiger partial charge in [-0.25, -0.2) is 4.98 Å². The maximum absolute atomic E-state index is 6.13. The number of aromatic amines is 1. The van der Waals surface area contributed by atoms with Gasteiger partial charge in [-0.15, -0.1) is 0 Å². The summed E-state index contributed by atoms with van der Waals surface area (Å²) in [6.07, 6.45) is 1.53. The Morgan fingerprint density at radius 2 is 2.17 bits per heavy atom. The lowest BCUT2D eigenvalue weighted by atomic mass is 10.1. The fourth-order valence-electron chi connectivity index (χ4n) is 1.99. The van der Waals surface area contributed by atoms with Gasteiger partial charge in [0.05, 0.1) is 18.4 Å². The van der Waals surface area contributed by atoms with E-state index in [2.05, 4.69) is 49.8 Å². The lowest BCUT2D eigenvalue weighted by Gasteiger charge is -2.07. The molecule has 0 spiro atoms. The van der Waals surface area contributed by atoms with E-state index in [9.17, 15) is 0 Å². The van der Waals surface area contributed by atoms with Crippen molar-refractivity contribution in [2.45, 2.75) is 33.2 Å². The summed E-state index contributed by atoms with van der Waals surface area (Å²) in [6, 6.07) is 3.77. The lowest BCUT2D eigenvalue weighted by Crippen LogP contribution is -2.05. The van der Waals surface area contributed by atoms with Gasteiger partial charge in [0.1, 0.15) is 5.02 Å². The average Bonchev–Trinajstić information content (AvgIpc) is 3.17. The largest absolute Gasteiger partial charge is 0.359 e. The predicted octanol–water partition coefficient (Wildman–Crippen LogP) is 3.63. The minimum Gasteiger partial charge on any atom is -0.359 e. The third kappa shape index (κ3) is 3.83. The highest BCUT2D eigenvalue weighted by molar-refractivity contribution is 6.32. The van der Waals surface area contributed by atoms with Crippen molar-refractivity contribution in [3.05, 3.63) is 40.5 Å². The molecule has 0 radical (unpaired) electrons. The zero-order valence-corrected chi connectivity index (χ0v) is 14.3. The summed E-state index contributed by atoms with van der Waals surface area (Å²) in [4.78, 5) is 8.51. The van der Waals surface area contributed by atoms with Gasteiger partial charge in [0, 0.05) is 17.8 Å². The summed E-state index contributed by atoms with van der Waals surface area (Å²) in [5, 5.41) is 17.5. The number of nitrogens with zero attached hydrogens (tertiary/aromatic N) is 4. The molecule has 0 saturated heterocycles. The molecular weight excluding hydrogens is 330 g/mol. The van der Waals surface area contributed by atoms with Gasteiger partial charge in [0.2, 0.25) is 5.95 Å². The van der Waals surface area contributed by atoms with Crippen molar-refractivity contribution in [3.63, 3.8) is 0 Å². The molecule has 8 nitrogen and oxygen atoms in total. The second kappa shape index (κ2) is 6.88. The van der Waals surface area contributed by atoms with Crippen molar-refractivity contribution in [2.75, 3.05) is 10.6 Å². The topological polar surface area (TPSA) is 105 Å². The van der Waals surface area contributed by atoms with Crippen molar-refractivity contribution in [1.82, 2.24) is 25.3 Å². The van der Waals surface area contributed by atoms with Gasteiger partial charge in [-0.1, -0.05) is 30.6 Å². The van der Waals surface area contributed by atoms with Gasteiger partial charge < -0.3 is 15.2 Å². The van der Waals surface area contributed by atoms with E-state index >= 15 is 0 Å². The van der Waals surface area contributed by atoms with Crippen LogP contribution in [0.5, 0.6) is 0 Å². The second-order valence-corrected chi connectivity index (χ2v) is 6.08. The molecule has 0 aliphatic heterocycles. The van der Waals surface area contributed by atoms with E-state index in [0.717, 1.165) is 17.1 Å². The number of anilines is 3. The summed E-state index contributed by atoms with van der Waals surface area (Å²) in [6.45, 7) is 6.47. The predicted molar refractivity (Wildman–Crippen MR) is 91.6 cm³/mol. The minimum absolute atomic E-state index is 0.322. The highest BCUT2D eigenvalue weighted by Crippen LogP contribution is 2.23. The standard InChI is InChI=1S/C15H18ClN7O/c1-8(2)12-5-10(24-23-12)6-17-15-18-7-11(16)14(20-15)19-13-4-9(3)21-22-13/h4-5,7-8H,6H2,1-3H3,(H3,17,18,19,20,21,22). The Morgan fingerprint density at radius 3 is 2.83 bits per heavy atom. The summed E-state index contributed by atoms with van der Waals surface area (Å²) in [5.41, 5.74) is 1.85. The van der Waals surface area contributed by atoms with Crippen LogP contribution < -0.4 is 10.6 Å². The SMILES string of the molecule is Cc1cc(Nc2nc(NCc3cc(C(C)C)no3)ncc2Cl)n[nH]1. The van der Waals surface area contributed by atoms with Crippen LogP contribution in [0.1, 0.15) is 36.9 Å². The number of hydrogen-bond donors (Lipinski definition) is 3. The molecule has 9 heteroatoms. The van der Waals surface area contributed by atoms with Crippen LogP contribution in [-0.4, -0.2) is 25.3 Å². The van der Waals surface area contributed by atoms with E-state index in [1.54, 1.807) is 0 Å². The van der Waals surface area contributed by atoms with E-state index in [1.807, 2.05) is 19.1 Å². The molecule has 3 rings (SSSR count). The van der Waals surface area contributed by atoms with Crippen LogP contribution in [0.4, 0.5) is 17.6 Å². The Balaban J connectivity index is 1.68. The highest BCUT2D eigenvalue weighted by Gasteiger charge is 2.10. The van der Waals surface area contributed by atoms with Crippen LogP contribution in [-0.2, 0) is 6.54 Å². The van der Waals surface area contributed by atoms with E-state index < -0.39 is 0 Å². The second-order valence-electron chi connectivity index (χ2n) is 5.68. The van der Waals surface area contributed by atoms with Crippen LogP contribution in [0.2, 0.25) is 5.02 Å². The molecule has 0 fully saturated rings. The Bertz CT molecular complexity index is 827. The molecule has 0 amide bonds. The summed E-state index contributed by atoms with van der Waals surface area (Å²) in [5.74, 6) is 2.57. The van der Waals surface area contributed by atoms with Gasteiger partial charge in [-0.05, 0) is 12.8 Å². The molecule has 0 aliphatic rings. The van der Waals surface area contributed by atoms with Crippen LogP contribution in [0.25, 0.3) is 0 Å². The quantitative estimate of drug-likeness (QED) is 0.625. The molecule has 0 aromatic carbocycles. The first-order valence-electron chi connectivity index (χ1n) is 7.52. The monoisotopic (exact) mass is 347 g/mol. The first-order valence-corrected chi connectivity index (χ1v) is 7.90. The fourth-order valence-corrected chi connectivity index (χ4v) is 2.13. The molecular formula is C15H18ClN7O. The number of aryl methyl sites for hydroxylation is 1. The van der Waals surface area contributed by atoms with Crippen molar-refractivity contribution < 1.29 is 4.52 Å². The lowest BCUT2D eigenvalue weighted by molar-refractivity contribution is 0.379. The number of aromatic nitrogens is 5. The Labute approximate surface area is 144 Å². The zero-order valence-electron chi connectivity index (χ0n) is 13.6. The first-order chi connectivity index (χ1) is 11.5. The van der Waals surface area contributed by atoms with Crippen molar-refractivity contribution in [1.29, 1.82) is 0 Å². The molecule has 0 bridgehead atoms. The molecule has 3 aromatic rings. The van der Waals surface area contributed by atoms with Crippen LogP contribution in [0.15, 0.2) is 22.9 Å². The normalized spacial score (nSPS) is 11.0. The molecule has 3 heterocycles. The number of hydrogen-bond acceptors (Lipinski definition) is 7. The minimum atomic E-state index is 0.322. The van der Waals surface area contributed by atoms with Gasteiger partial charge in [-0.3, -0.25) is 5.10 Å². The van der Waals surface area contributed by atoms with Crippen molar-refractivity contribution in [3.8, 4) is 0 Å². The number of nitrogens with one attached hydrogen (secondary N) is 3. The van der Waals surface area contributed by atoms with Crippen molar-refractivity contribution >= 4 is 29.2 Å². The molecule has 0 aliphatic carbocycles. The Hall–Kier alpha value is -2.61. The highest BCUT2D eigenvalue weighted by atomic mass is 35.5. The van der Waals surface area contributed by atoms with Gasteiger partial charge >= 0.3 is 0 Å². The van der Waals surface area contributed by atoms with Gasteiger partial charge in [-0.2, -0.15) is 10.1 Å². The number of H-pyrrole nitrogens is 1. The Kier molecular flexibility index (Phi) is 4.66. The fraction of sp³-hybridized carbons (Fsp3) is 0.333. The summed E-state index contributed by atoms with van der Waals surface area (Å²) >= 11 is 6.13. The molecule has 3 N–H and O–H groups in total. The summed E-state index contributed by atoms with van der Waals surface area (Å²) in [7, 11) is 0. The number of halogens is 1. The molecule has 24 heavy (non-hydrogen) atoms. The maximum atomic E-state index is 6.13. The number of rotatable bonds is 6. The first kappa shape index (κ1) is 16.3. The van der Waals surface area contributed by atoms with Crippen LogP contribution in [0, 0.1) is 6.92 Å². The third-order valence-electron chi connectivity index (χ3n) is 3.29. The van der Waals surface area contributed by atoms with Gasteiger partial charge in [0.25, 0.3) is 0 Å². The third-order valence-corrected chi connectivity index (χ3v) is 3.56. The van der Waals surface area contributed by atoms with E-state index in [4.69, 9.17) is 16.1 Å².